The van der Waals surface area contributed by atoms with Crippen molar-refractivity contribution in [3.63, 3.8) is 0 Å². The topological polar surface area (TPSA) is 65.3 Å². The van der Waals surface area contributed by atoms with E-state index >= 15 is 0 Å². The summed E-state index contributed by atoms with van der Waals surface area (Å²) in [7, 11) is 0. The average molecular weight is 507 g/mol. The van der Waals surface area contributed by atoms with Crippen LogP contribution >= 0.6 is 0 Å². The van der Waals surface area contributed by atoms with Crippen LogP contribution in [0, 0.1) is 0 Å². The number of azo groups is 1. The highest BCUT2D eigenvalue weighted by Crippen LogP contribution is 2.18. The molecule has 2 aromatic rings. The fourth-order valence-corrected chi connectivity index (χ4v) is 4.09. The average Bonchev–Trinajstić information content (AvgIpc) is 2.93. The number of hydrogen-bond acceptors (Lipinski definition) is 4. The van der Waals surface area contributed by atoms with Crippen LogP contribution in [-0.4, -0.2) is 47.8 Å². The Morgan fingerprint density at radius 3 is 1.59 bits per heavy atom. The normalized spacial score (nSPS) is 11.1. The molecule has 6 nitrogen and oxygen atoms in total. The molecule has 0 saturated heterocycles. The Hall–Kier alpha value is -3.02. The van der Waals surface area contributed by atoms with Gasteiger partial charge in [-0.15, -0.1) is 0 Å². The van der Waals surface area contributed by atoms with Crippen molar-refractivity contribution in [3.05, 3.63) is 65.2 Å². The van der Waals surface area contributed by atoms with Crippen molar-refractivity contribution in [2.45, 2.75) is 85.6 Å². The quantitative estimate of drug-likeness (QED) is 0.204. The molecule has 0 aliphatic heterocycles. The van der Waals surface area contributed by atoms with E-state index in [-0.39, 0.29) is 11.8 Å². The van der Waals surface area contributed by atoms with Crippen LogP contribution in [0.1, 0.15) is 105 Å². The summed E-state index contributed by atoms with van der Waals surface area (Å²) in [6, 6.07) is 15.1. The van der Waals surface area contributed by atoms with Gasteiger partial charge in [-0.05, 0) is 61.6 Å². The van der Waals surface area contributed by atoms with E-state index in [1.165, 1.54) is 0 Å². The maximum Gasteiger partial charge on any atom is 0.253 e. The standard InChI is InChI=1S/C31H46N4O2/c1-5-9-19-34(20-10-6-2)30(36)27-16-13-15-26(23-27)25-32-33-29-18-14-17-28(24-29)31(37)35(21-11-7-3)22-12-8-4/h13-18,23-24H,5-12,19-22,25H2,1-4H3. The van der Waals surface area contributed by atoms with E-state index in [9.17, 15) is 9.59 Å². The van der Waals surface area contributed by atoms with E-state index in [0.29, 0.717) is 23.4 Å². The Morgan fingerprint density at radius 1 is 0.649 bits per heavy atom. The smallest absolute Gasteiger partial charge is 0.253 e. The molecule has 0 spiro atoms. The molecule has 0 aliphatic carbocycles. The molecule has 2 rings (SSSR count). The van der Waals surface area contributed by atoms with Gasteiger partial charge in [0.25, 0.3) is 11.8 Å². The lowest BCUT2D eigenvalue weighted by Crippen LogP contribution is -2.33. The second kappa shape index (κ2) is 17.4. The van der Waals surface area contributed by atoms with Gasteiger partial charge in [0.15, 0.2) is 0 Å². The molecule has 6 heteroatoms. The van der Waals surface area contributed by atoms with Gasteiger partial charge in [-0.25, -0.2) is 0 Å². The van der Waals surface area contributed by atoms with Crippen molar-refractivity contribution in [1.82, 2.24) is 9.80 Å². The summed E-state index contributed by atoms with van der Waals surface area (Å²) in [5.41, 5.74) is 2.95. The summed E-state index contributed by atoms with van der Waals surface area (Å²) >= 11 is 0. The lowest BCUT2D eigenvalue weighted by atomic mass is 10.1. The van der Waals surface area contributed by atoms with Crippen LogP contribution in [0.15, 0.2) is 58.8 Å². The van der Waals surface area contributed by atoms with Gasteiger partial charge in [-0.1, -0.05) is 71.6 Å². The Bertz CT molecular complexity index is 973. The predicted molar refractivity (Wildman–Crippen MR) is 153 cm³/mol. The van der Waals surface area contributed by atoms with Crippen LogP contribution in [0.5, 0.6) is 0 Å². The van der Waals surface area contributed by atoms with Gasteiger partial charge in [-0.3, -0.25) is 9.59 Å². The van der Waals surface area contributed by atoms with Gasteiger partial charge in [0.2, 0.25) is 0 Å². The van der Waals surface area contributed by atoms with E-state index in [2.05, 4.69) is 37.9 Å². The van der Waals surface area contributed by atoms with E-state index in [4.69, 9.17) is 0 Å². The van der Waals surface area contributed by atoms with Crippen molar-refractivity contribution in [1.29, 1.82) is 0 Å². The predicted octanol–water partition coefficient (Wildman–Crippen LogP) is 8.06. The Labute approximate surface area is 224 Å². The highest BCUT2D eigenvalue weighted by Gasteiger charge is 2.16. The van der Waals surface area contributed by atoms with Gasteiger partial charge >= 0.3 is 0 Å². The lowest BCUT2D eigenvalue weighted by Gasteiger charge is -2.22. The van der Waals surface area contributed by atoms with E-state index < -0.39 is 0 Å². The Balaban J connectivity index is 2.07. The van der Waals surface area contributed by atoms with Gasteiger partial charge in [0, 0.05) is 37.3 Å². The molecule has 2 amide bonds. The number of carbonyl (C=O) groups is 2. The highest BCUT2D eigenvalue weighted by molar-refractivity contribution is 5.95. The molecule has 0 aliphatic rings. The van der Waals surface area contributed by atoms with E-state index in [1.807, 2.05) is 58.3 Å². The fourth-order valence-electron chi connectivity index (χ4n) is 4.09. The van der Waals surface area contributed by atoms with Crippen molar-refractivity contribution >= 4 is 17.5 Å². The monoisotopic (exact) mass is 506 g/mol. The first-order valence-electron chi connectivity index (χ1n) is 14.2. The van der Waals surface area contributed by atoms with Crippen LogP contribution in [-0.2, 0) is 6.54 Å². The first kappa shape index (κ1) is 30.2. The van der Waals surface area contributed by atoms with Crippen molar-refractivity contribution in [2.75, 3.05) is 26.2 Å². The van der Waals surface area contributed by atoms with Crippen molar-refractivity contribution in [3.8, 4) is 0 Å². The first-order valence-corrected chi connectivity index (χ1v) is 14.2. The van der Waals surface area contributed by atoms with E-state index in [0.717, 1.165) is 83.1 Å². The van der Waals surface area contributed by atoms with Crippen LogP contribution in [0.3, 0.4) is 0 Å². The third-order valence-corrected chi connectivity index (χ3v) is 6.41. The number of benzene rings is 2. The second-order valence-electron chi connectivity index (χ2n) is 9.65. The summed E-state index contributed by atoms with van der Waals surface area (Å²) in [5.74, 6) is 0.142. The number of unbranched alkanes of at least 4 members (excludes halogenated alkanes) is 4. The number of rotatable bonds is 17. The zero-order valence-electron chi connectivity index (χ0n) is 23.4. The molecule has 0 saturated carbocycles. The first-order chi connectivity index (χ1) is 18.0. The maximum absolute atomic E-state index is 13.1. The molecule has 0 heterocycles. The molecule has 37 heavy (non-hydrogen) atoms. The molecule has 0 atom stereocenters. The summed E-state index contributed by atoms with van der Waals surface area (Å²) in [4.78, 5) is 30.2. The SMILES string of the molecule is CCCCN(CCCC)C(=O)c1cccc(CN=Nc2cccc(C(=O)N(CCCC)CCCC)c2)c1. The zero-order chi connectivity index (χ0) is 26.9. The Morgan fingerprint density at radius 2 is 1.11 bits per heavy atom. The van der Waals surface area contributed by atoms with Gasteiger partial charge in [-0.2, -0.15) is 10.2 Å². The minimum Gasteiger partial charge on any atom is -0.339 e. The fraction of sp³-hybridized carbons (Fsp3) is 0.548. The summed E-state index contributed by atoms with van der Waals surface area (Å²) < 4.78 is 0. The Kier molecular flexibility index (Phi) is 14.2. The second-order valence-corrected chi connectivity index (χ2v) is 9.65. The molecule has 2 aromatic carbocycles. The molecule has 0 bridgehead atoms. The van der Waals surface area contributed by atoms with Crippen LogP contribution in [0.25, 0.3) is 0 Å². The lowest BCUT2D eigenvalue weighted by molar-refractivity contribution is 0.0743. The third-order valence-electron chi connectivity index (χ3n) is 6.41. The summed E-state index contributed by atoms with van der Waals surface area (Å²) in [6.45, 7) is 12.1. The number of nitrogens with zero attached hydrogens (tertiary/aromatic N) is 4. The molecule has 0 fully saturated rings. The van der Waals surface area contributed by atoms with Gasteiger partial charge in [0.1, 0.15) is 0 Å². The summed E-state index contributed by atoms with van der Waals surface area (Å²) in [5, 5.41) is 8.75. The molecular weight excluding hydrogens is 460 g/mol. The minimum atomic E-state index is 0.0564. The van der Waals surface area contributed by atoms with Gasteiger partial charge < -0.3 is 9.80 Å². The van der Waals surface area contributed by atoms with Crippen LogP contribution < -0.4 is 0 Å². The molecule has 0 unspecified atom stereocenters. The number of hydrogen-bond donors (Lipinski definition) is 0. The van der Waals surface area contributed by atoms with E-state index in [1.54, 1.807) is 0 Å². The molecule has 0 radical (unpaired) electrons. The molecule has 0 N–H and O–H groups in total. The third kappa shape index (κ3) is 10.5. The van der Waals surface area contributed by atoms with Crippen molar-refractivity contribution < 1.29 is 9.59 Å². The maximum atomic E-state index is 13.1. The number of carbonyl (C=O) groups excluding carboxylic acids is 2. The highest BCUT2D eigenvalue weighted by atomic mass is 16.2. The van der Waals surface area contributed by atoms with Crippen LogP contribution in [0.4, 0.5) is 5.69 Å². The van der Waals surface area contributed by atoms with Crippen molar-refractivity contribution in [2.24, 2.45) is 10.2 Å². The largest absolute Gasteiger partial charge is 0.339 e. The molecular formula is C31H46N4O2. The number of amides is 2. The summed E-state index contributed by atoms with van der Waals surface area (Å²) in [6.07, 6.45) is 8.30. The minimum absolute atomic E-state index is 0.0564. The molecule has 202 valence electrons. The van der Waals surface area contributed by atoms with Gasteiger partial charge in [0.05, 0.1) is 12.2 Å². The zero-order valence-corrected chi connectivity index (χ0v) is 23.4. The van der Waals surface area contributed by atoms with Crippen LogP contribution in [0.2, 0.25) is 0 Å². The molecule has 0 aromatic heterocycles.